The van der Waals surface area contributed by atoms with Crippen molar-refractivity contribution < 1.29 is 14.3 Å². The Morgan fingerprint density at radius 3 is 2.21 bits per heavy atom. The van der Waals surface area contributed by atoms with Gasteiger partial charge in [-0.3, -0.25) is 4.79 Å². The summed E-state index contributed by atoms with van der Waals surface area (Å²) < 4.78 is 11.0. The maximum atomic E-state index is 13.2. The van der Waals surface area contributed by atoms with E-state index in [-0.39, 0.29) is 5.91 Å². The second-order valence-corrected chi connectivity index (χ2v) is 6.82. The molecular weight excluding hydrogens is 364 g/mol. The highest BCUT2D eigenvalue weighted by molar-refractivity contribution is 6.06. The van der Waals surface area contributed by atoms with Crippen LogP contribution in [0, 0.1) is 11.3 Å². The normalized spacial score (nSPS) is 14.5. The van der Waals surface area contributed by atoms with E-state index < -0.39 is 5.79 Å². The summed E-state index contributed by atoms with van der Waals surface area (Å²) in [7, 11) is 2.87. The topological polar surface area (TPSA) is 62.6 Å². The molecule has 0 aromatic heterocycles. The maximum Gasteiger partial charge on any atom is 0.292 e. The summed E-state index contributed by atoms with van der Waals surface area (Å²) in [4.78, 5) is 14.9. The molecule has 1 aliphatic heterocycles. The highest BCUT2D eigenvalue weighted by atomic mass is 16.7. The number of carbonyl (C=O) groups excluding carboxylic acids is 1. The largest absolute Gasteiger partial charge is 0.342 e. The highest BCUT2D eigenvalue weighted by Crippen LogP contribution is 2.44. The van der Waals surface area contributed by atoms with Gasteiger partial charge in [-0.25, -0.2) is 0 Å². The second kappa shape index (κ2) is 7.51. The van der Waals surface area contributed by atoms with Crippen LogP contribution in [0.1, 0.15) is 16.7 Å². The first-order valence-electron chi connectivity index (χ1n) is 9.24. The monoisotopic (exact) mass is 384 g/mol. The van der Waals surface area contributed by atoms with Crippen molar-refractivity contribution in [1.82, 2.24) is 0 Å². The number of anilines is 1. The first-order valence-corrected chi connectivity index (χ1v) is 9.24. The van der Waals surface area contributed by atoms with E-state index in [0.29, 0.717) is 23.4 Å². The van der Waals surface area contributed by atoms with E-state index in [9.17, 15) is 10.1 Å². The number of ether oxygens (including phenoxy) is 2. The molecule has 4 rings (SSSR count). The molecule has 0 spiro atoms. The van der Waals surface area contributed by atoms with Crippen molar-refractivity contribution in [3.8, 4) is 17.2 Å². The Labute approximate surface area is 169 Å². The number of carbonyl (C=O) groups is 1. The van der Waals surface area contributed by atoms with Crippen LogP contribution in [0.15, 0.2) is 72.8 Å². The number of amides is 1. The van der Waals surface area contributed by atoms with E-state index >= 15 is 0 Å². The lowest BCUT2D eigenvalue weighted by molar-refractivity contribution is -0.209. The van der Waals surface area contributed by atoms with Gasteiger partial charge in [0.1, 0.15) is 0 Å². The molecule has 5 heteroatoms. The third-order valence-electron chi connectivity index (χ3n) is 5.27. The molecule has 0 N–H and O–H groups in total. The Balaban J connectivity index is 1.68. The van der Waals surface area contributed by atoms with E-state index in [1.807, 2.05) is 42.5 Å². The number of fused-ring (bicyclic) bond motifs is 1. The summed E-state index contributed by atoms with van der Waals surface area (Å²) >= 11 is 0. The van der Waals surface area contributed by atoms with Crippen LogP contribution in [0.25, 0.3) is 11.1 Å². The second-order valence-electron chi connectivity index (χ2n) is 6.82. The summed E-state index contributed by atoms with van der Waals surface area (Å²) in [5.74, 6) is -1.84. The Morgan fingerprint density at radius 1 is 0.931 bits per heavy atom. The number of methoxy groups -OCH3 is 2. The molecule has 144 valence electrons. The molecule has 0 saturated heterocycles. The van der Waals surface area contributed by atoms with Crippen LogP contribution in [-0.4, -0.2) is 20.1 Å². The van der Waals surface area contributed by atoms with Crippen molar-refractivity contribution in [3.63, 3.8) is 0 Å². The molecule has 29 heavy (non-hydrogen) atoms. The lowest BCUT2D eigenvalue weighted by atomic mass is 10.0. The zero-order chi connectivity index (χ0) is 20.4. The molecule has 0 bridgehead atoms. The molecule has 0 saturated carbocycles. The van der Waals surface area contributed by atoms with Gasteiger partial charge in [0.05, 0.1) is 23.9 Å². The molecule has 1 amide bonds. The van der Waals surface area contributed by atoms with E-state index in [4.69, 9.17) is 9.47 Å². The molecule has 3 aromatic carbocycles. The van der Waals surface area contributed by atoms with E-state index in [1.165, 1.54) is 14.2 Å². The van der Waals surface area contributed by atoms with Gasteiger partial charge in [0.2, 0.25) is 0 Å². The lowest BCUT2D eigenvalue weighted by Crippen LogP contribution is -2.43. The smallest absolute Gasteiger partial charge is 0.292 e. The molecule has 3 aromatic rings. The van der Waals surface area contributed by atoms with Crippen molar-refractivity contribution in [2.24, 2.45) is 0 Å². The summed E-state index contributed by atoms with van der Waals surface area (Å²) in [6.45, 7) is 0.376. The van der Waals surface area contributed by atoms with Gasteiger partial charge in [-0.1, -0.05) is 54.6 Å². The predicted molar refractivity (Wildman–Crippen MR) is 110 cm³/mol. The third-order valence-corrected chi connectivity index (χ3v) is 5.27. The summed E-state index contributed by atoms with van der Waals surface area (Å²) in [6, 6.07) is 25.5. The minimum Gasteiger partial charge on any atom is -0.342 e. The van der Waals surface area contributed by atoms with Crippen molar-refractivity contribution in [2.45, 2.75) is 12.3 Å². The van der Waals surface area contributed by atoms with E-state index in [2.05, 4.69) is 18.2 Å². The van der Waals surface area contributed by atoms with Gasteiger partial charge in [0.15, 0.2) is 0 Å². The van der Waals surface area contributed by atoms with Crippen molar-refractivity contribution >= 4 is 11.6 Å². The molecule has 5 nitrogen and oxygen atoms in total. The fourth-order valence-electron chi connectivity index (χ4n) is 3.76. The van der Waals surface area contributed by atoms with Crippen LogP contribution in [0.4, 0.5) is 5.69 Å². The number of rotatable bonds is 5. The average molecular weight is 384 g/mol. The number of nitriles is 1. The van der Waals surface area contributed by atoms with Crippen molar-refractivity contribution in [1.29, 1.82) is 5.26 Å². The fourth-order valence-corrected chi connectivity index (χ4v) is 3.76. The SMILES string of the molecule is COC1(OC)C(=O)N(Cc2ccc(-c3ccccc3)cc2)c2ccc(C#N)cc21. The molecule has 0 aliphatic carbocycles. The summed E-state index contributed by atoms with van der Waals surface area (Å²) in [6.07, 6.45) is 0. The highest BCUT2D eigenvalue weighted by Gasteiger charge is 2.52. The van der Waals surface area contributed by atoms with Gasteiger partial charge in [0.25, 0.3) is 11.7 Å². The Bertz CT molecular complexity index is 1080. The van der Waals surface area contributed by atoms with Crippen molar-refractivity contribution in [3.05, 3.63) is 89.5 Å². The van der Waals surface area contributed by atoms with Crippen LogP contribution in [0.5, 0.6) is 0 Å². The maximum absolute atomic E-state index is 13.2. The zero-order valence-electron chi connectivity index (χ0n) is 16.3. The van der Waals surface area contributed by atoms with Gasteiger partial charge in [-0.05, 0) is 34.9 Å². The molecular formula is C24H20N2O3. The van der Waals surface area contributed by atoms with Crippen LogP contribution >= 0.6 is 0 Å². The van der Waals surface area contributed by atoms with Gasteiger partial charge in [-0.2, -0.15) is 5.26 Å². The summed E-state index contributed by atoms with van der Waals surface area (Å²) in [5, 5.41) is 9.24. The summed E-state index contributed by atoms with van der Waals surface area (Å²) in [5.41, 5.74) is 4.92. The number of benzene rings is 3. The number of hydrogen-bond donors (Lipinski definition) is 0. The quantitative estimate of drug-likeness (QED) is 0.618. The third kappa shape index (κ3) is 3.09. The van der Waals surface area contributed by atoms with Crippen LogP contribution in [-0.2, 0) is 26.6 Å². The van der Waals surface area contributed by atoms with Gasteiger partial charge in [0, 0.05) is 19.8 Å². The minimum absolute atomic E-state index is 0.306. The minimum atomic E-state index is -1.54. The standard InChI is InChI=1S/C24H20N2O3/c1-28-24(29-2)21-14-18(15-25)10-13-22(21)26(23(24)27)16-17-8-11-20(12-9-17)19-6-4-3-5-7-19/h3-14H,16H2,1-2H3. The molecule has 0 fully saturated rings. The Morgan fingerprint density at radius 2 is 1.59 bits per heavy atom. The lowest BCUT2D eigenvalue weighted by Gasteiger charge is -2.25. The first kappa shape index (κ1) is 18.9. The van der Waals surface area contributed by atoms with Gasteiger partial charge in [-0.15, -0.1) is 0 Å². The van der Waals surface area contributed by atoms with Gasteiger partial charge >= 0.3 is 0 Å². The van der Waals surface area contributed by atoms with Crippen molar-refractivity contribution in [2.75, 3.05) is 19.1 Å². The van der Waals surface area contributed by atoms with Gasteiger partial charge < -0.3 is 14.4 Å². The van der Waals surface area contributed by atoms with E-state index in [1.54, 1.807) is 23.1 Å². The first-order chi connectivity index (χ1) is 14.1. The Kier molecular flexibility index (Phi) is 4.89. The average Bonchev–Trinajstić information content (AvgIpc) is 3.02. The molecule has 0 radical (unpaired) electrons. The number of nitrogens with zero attached hydrogens (tertiary/aromatic N) is 2. The van der Waals surface area contributed by atoms with Crippen LogP contribution in [0.2, 0.25) is 0 Å². The predicted octanol–water partition coefficient (Wildman–Crippen LogP) is 4.22. The fraction of sp³-hybridized carbons (Fsp3) is 0.167. The molecule has 1 heterocycles. The molecule has 1 aliphatic rings. The van der Waals surface area contributed by atoms with E-state index in [0.717, 1.165) is 16.7 Å². The van der Waals surface area contributed by atoms with Crippen LogP contribution < -0.4 is 4.90 Å². The Hall–Kier alpha value is -3.46. The molecule has 0 atom stereocenters. The number of hydrogen-bond acceptors (Lipinski definition) is 4. The zero-order valence-corrected chi connectivity index (χ0v) is 16.3. The molecule has 0 unspecified atom stereocenters. The van der Waals surface area contributed by atoms with Crippen LogP contribution in [0.3, 0.4) is 0 Å².